The third-order valence-corrected chi connectivity index (χ3v) is 4.16. The van der Waals surface area contributed by atoms with E-state index in [0.29, 0.717) is 21.4 Å². The maximum atomic E-state index is 12.2. The molecule has 23 heavy (non-hydrogen) atoms. The van der Waals surface area contributed by atoms with Crippen LogP contribution in [0, 0.1) is 0 Å². The molecule has 1 N–H and O–H groups in total. The molecule has 0 heterocycles. The standard InChI is InChI=1S/C17H25NO4Se/c1-17(2,3)22-16(20)18-14(10-11-23-4)15(19)21-12-13-8-6-5-7-9-13/h5-9,14H,10-12H2,1-4H3,(H,18,20). The molecule has 0 bridgehead atoms. The minimum atomic E-state index is -0.671. The molecule has 0 fully saturated rings. The number of carbonyl (C=O) groups is 2. The third kappa shape index (κ3) is 8.62. The van der Waals surface area contributed by atoms with Crippen molar-refractivity contribution in [2.45, 2.75) is 56.6 Å². The molecule has 1 aromatic rings. The van der Waals surface area contributed by atoms with E-state index in [1.165, 1.54) is 0 Å². The van der Waals surface area contributed by atoms with Crippen LogP contribution in [0.4, 0.5) is 4.79 Å². The summed E-state index contributed by atoms with van der Waals surface area (Å²) in [5.74, 6) is 1.66. The van der Waals surface area contributed by atoms with Crippen LogP contribution < -0.4 is 5.32 Å². The number of amides is 1. The Hall–Kier alpha value is -1.52. The van der Waals surface area contributed by atoms with Gasteiger partial charge in [0.2, 0.25) is 0 Å². The summed E-state index contributed by atoms with van der Waals surface area (Å²) in [5.41, 5.74) is 0.314. The second-order valence-corrected chi connectivity index (χ2v) is 8.14. The number of ether oxygens (including phenoxy) is 2. The zero-order valence-corrected chi connectivity index (χ0v) is 15.8. The van der Waals surface area contributed by atoms with Crippen molar-refractivity contribution in [3.63, 3.8) is 0 Å². The van der Waals surface area contributed by atoms with Gasteiger partial charge in [-0.15, -0.1) is 0 Å². The number of hydrogen-bond donors (Lipinski definition) is 1. The van der Waals surface area contributed by atoms with Gasteiger partial charge in [0, 0.05) is 0 Å². The fraction of sp³-hybridized carbons (Fsp3) is 0.529. The number of nitrogens with one attached hydrogen (secondary N) is 1. The molecule has 128 valence electrons. The van der Waals surface area contributed by atoms with Crippen molar-refractivity contribution < 1.29 is 19.1 Å². The summed E-state index contributed by atoms with van der Waals surface area (Å²) >= 11 is 0.424. The quantitative estimate of drug-likeness (QED) is 0.578. The van der Waals surface area contributed by atoms with Crippen LogP contribution in [0.2, 0.25) is 11.1 Å². The van der Waals surface area contributed by atoms with E-state index in [2.05, 4.69) is 11.1 Å². The summed E-state index contributed by atoms with van der Waals surface area (Å²) in [7, 11) is 0. The SMILES string of the molecule is C[Se]CCC(NC(=O)OC(C)(C)C)C(=O)OCc1ccccc1. The van der Waals surface area contributed by atoms with Gasteiger partial charge in [-0.1, -0.05) is 0 Å². The molecule has 0 saturated carbocycles. The molecule has 5 nitrogen and oxygen atoms in total. The second kappa shape index (κ2) is 9.58. The summed E-state index contributed by atoms with van der Waals surface area (Å²) in [6.07, 6.45) is -0.0358. The van der Waals surface area contributed by atoms with Gasteiger partial charge in [0.1, 0.15) is 0 Å². The summed E-state index contributed by atoms with van der Waals surface area (Å²) in [5, 5.41) is 3.50. The molecule has 0 aliphatic carbocycles. The van der Waals surface area contributed by atoms with Gasteiger partial charge in [0.15, 0.2) is 0 Å². The Kier molecular flexibility index (Phi) is 8.13. The van der Waals surface area contributed by atoms with E-state index >= 15 is 0 Å². The zero-order chi connectivity index (χ0) is 17.3. The van der Waals surface area contributed by atoms with Crippen LogP contribution in [-0.4, -0.2) is 38.7 Å². The summed E-state index contributed by atoms with van der Waals surface area (Å²) < 4.78 is 10.5. The fourth-order valence-corrected chi connectivity index (χ4v) is 2.75. The molecule has 0 aromatic heterocycles. The van der Waals surface area contributed by atoms with E-state index in [9.17, 15) is 9.59 Å². The van der Waals surface area contributed by atoms with Crippen LogP contribution in [-0.2, 0) is 20.9 Å². The third-order valence-electron chi connectivity index (χ3n) is 2.81. The Bertz CT molecular complexity index is 499. The van der Waals surface area contributed by atoms with E-state index in [-0.39, 0.29) is 6.61 Å². The molecule has 1 rings (SSSR count). The number of benzene rings is 1. The first-order valence-corrected chi connectivity index (χ1v) is 10.4. The molecule has 6 heteroatoms. The predicted octanol–water partition coefficient (Wildman–Crippen LogP) is 3.18. The fourth-order valence-electron chi connectivity index (χ4n) is 1.76. The summed E-state index contributed by atoms with van der Waals surface area (Å²) in [6, 6.07) is 8.78. The Balaban J connectivity index is 2.57. The Morgan fingerprint density at radius 2 is 1.87 bits per heavy atom. The van der Waals surface area contributed by atoms with Crippen LogP contribution in [0.5, 0.6) is 0 Å². The van der Waals surface area contributed by atoms with Crippen LogP contribution >= 0.6 is 0 Å². The van der Waals surface area contributed by atoms with Gasteiger partial charge in [-0.3, -0.25) is 0 Å². The van der Waals surface area contributed by atoms with Crippen molar-refractivity contribution in [1.82, 2.24) is 5.32 Å². The summed E-state index contributed by atoms with van der Waals surface area (Å²) in [4.78, 5) is 24.1. The predicted molar refractivity (Wildman–Crippen MR) is 90.4 cm³/mol. The van der Waals surface area contributed by atoms with Crippen LogP contribution in [0.1, 0.15) is 32.8 Å². The van der Waals surface area contributed by atoms with Gasteiger partial charge >= 0.3 is 144 Å². The first kappa shape index (κ1) is 19.5. The van der Waals surface area contributed by atoms with Gasteiger partial charge in [-0.25, -0.2) is 0 Å². The van der Waals surface area contributed by atoms with Crippen LogP contribution in [0.15, 0.2) is 30.3 Å². The Morgan fingerprint density at radius 1 is 1.22 bits per heavy atom. The topological polar surface area (TPSA) is 64.6 Å². The van der Waals surface area contributed by atoms with E-state index in [4.69, 9.17) is 9.47 Å². The average molecular weight is 386 g/mol. The maximum absolute atomic E-state index is 12.2. The minimum absolute atomic E-state index is 0.198. The Morgan fingerprint density at radius 3 is 2.43 bits per heavy atom. The van der Waals surface area contributed by atoms with Crippen molar-refractivity contribution in [2.24, 2.45) is 0 Å². The van der Waals surface area contributed by atoms with Crippen molar-refractivity contribution in [1.29, 1.82) is 0 Å². The normalized spacial score (nSPS) is 12.3. The molecule has 1 atom stereocenters. The molecule has 0 aliphatic heterocycles. The monoisotopic (exact) mass is 387 g/mol. The van der Waals surface area contributed by atoms with Crippen LogP contribution in [0.25, 0.3) is 0 Å². The number of rotatable bonds is 7. The molecular weight excluding hydrogens is 361 g/mol. The van der Waals surface area contributed by atoms with E-state index in [1.54, 1.807) is 20.8 Å². The number of esters is 1. The molecule has 1 amide bonds. The zero-order valence-electron chi connectivity index (χ0n) is 14.1. The van der Waals surface area contributed by atoms with Gasteiger partial charge in [-0.2, -0.15) is 0 Å². The number of hydrogen-bond acceptors (Lipinski definition) is 4. The first-order chi connectivity index (χ1) is 10.8. The van der Waals surface area contributed by atoms with Crippen molar-refractivity contribution >= 4 is 27.0 Å². The van der Waals surface area contributed by atoms with Crippen molar-refractivity contribution in [2.75, 3.05) is 0 Å². The molecule has 0 radical (unpaired) electrons. The molecular formula is C17H25NO4Se. The second-order valence-electron chi connectivity index (χ2n) is 6.07. The first-order valence-electron chi connectivity index (χ1n) is 7.51. The van der Waals surface area contributed by atoms with Crippen LogP contribution in [0.3, 0.4) is 0 Å². The Labute approximate surface area is 144 Å². The van der Waals surface area contributed by atoms with Gasteiger partial charge in [-0.05, 0) is 0 Å². The average Bonchev–Trinajstić information content (AvgIpc) is 2.48. The number of alkyl carbamates (subject to hydrolysis) is 1. The van der Waals surface area contributed by atoms with E-state index < -0.39 is 23.7 Å². The van der Waals surface area contributed by atoms with Gasteiger partial charge < -0.3 is 0 Å². The number of carbonyl (C=O) groups excluding carboxylic acids is 2. The summed E-state index contributed by atoms with van der Waals surface area (Å²) in [6.45, 7) is 5.54. The van der Waals surface area contributed by atoms with Crippen molar-refractivity contribution in [3.8, 4) is 0 Å². The van der Waals surface area contributed by atoms with E-state index in [0.717, 1.165) is 10.9 Å². The molecule has 0 saturated heterocycles. The van der Waals surface area contributed by atoms with E-state index in [1.807, 2.05) is 30.3 Å². The van der Waals surface area contributed by atoms with Crippen molar-refractivity contribution in [3.05, 3.63) is 35.9 Å². The molecule has 1 aromatic carbocycles. The molecule has 1 unspecified atom stereocenters. The van der Waals surface area contributed by atoms with Gasteiger partial charge in [0.05, 0.1) is 0 Å². The van der Waals surface area contributed by atoms with Gasteiger partial charge in [0.25, 0.3) is 0 Å². The molecule has 0 spiro atoms. The molecule has 0 aliphatic rings.